The zero-order valence-electron chi connectivity index (χ0n) is 12.2. The number of rotatable bonds is 3. The monoisotopic (exact) mass is 341 g/mol. The summed E-state index contributed by atoms with van der Waals surface area (Å²) in [6.45, 7) is 1.81. The van der Waals surface area contributed by atoms with Gasteiger partial charge in [0.2, 0.25) is 0 Å². The lowest BCUT2D eigenvalue weighted by molar-refractivity contribution is -0.125. The van der Waals surface area contributed by atoms with Gasteiger partial charge < -0.3 is 0 Å². The van der Waals surface area contributed by atoms with Crippen LogP contribution in [0.3, 0.4) is 0 Å². The highest BCUT2D eigenvalue weighted by molar-refractivity contribution is 7.90. The number of aryl methyl sites for hydroxylation is 1. The van der Waals surface area contributed by atoms with Gasteiger partial charge in [-0.25, -0.2) is 0 Å². The van der Waals surface area contributed by atoms with Gasteiger partial charge in [0.25, 0.3) is 10.0 Å². The van der Waals surface area contributed by atoms with E-state index in [9.17, 15) is 21.6 Å². The Morgan fingerprint density at radius 1 is 1.09 bits per heavy atom. The normalized spacial score (nSPS) is 18.8. The van der Waals surface area contributed by atoms with Gasteiger partial charge in [-0.15, -0.1) is 0 Å². The summed E-state index contributed by atoms with van der Waals surface area (Å²) in [5, 5.41) is 0. The molecule has 2 rings (SSSR count). The topological polar surface area (TPSA) is 46.5 Å². The van der Waals surface area contributed by atoms with E-state index in [0.717, 1.165) is 11.6 Å². The summed E-state index contributed by atoms with van der Waals surface area (Å²) >= 11 is 0. The smallest absolute Gasteiger partial charge is 0.199 e. The molecule has 0 radical (unpaired) electrons. The minimum atomic E-state index is -4.36. The number of sulfonamides is 1. The van der Waals surface area contributed by atoms with Gasteiger partial charge in [0, 0.05) is 0 Å². The summed E-state index contributed by atoms with van der Waals surface area (Å²) in [6, 6.07) is 6.08. The Morgan fingerprint density at radius 2 is 1.70 bits per heavy atom. The van der Waals surface area contributed by atoms with Crippen molar-refractivity contribution in [3.63, 3.8) is 0 Å². The number of hydrogen-bond donors (Lipinski definition) is 0. The Morgan fingerprint density at radius 3 is 2.30 bits per heavy atom. The molecule has 0 N–H and O–H groups in total. The van der Waals surface area contributed by atoms with Gasteiger partial charge in [-0.3, -0.25) is 0 Å². The first-order valence-corrected chi connectivity index (χ1v) is 8.15. The maximum Gasteiger partial charge on any atom is 0.392 e. The second-order valence-corrected chi connectivity index (χ2v) is 6.57. The van der Waals surface area contributed by atoms with Crippen LogP contribution >= 0.6 is 0 Å². The fourth-order valence-electron chi connectivity index (χ4n) is 1.86. The second-order valence-electron chi connectivity index (χ2n) is 4.96. The number of nitrogens with zero attached hydrogens (tertiary/aromatic N) is 1. The lowest BCUT2D eigenvalue weighted by Crippen LogP contribution is -2.09. The van der Waals surface area contributed by atoms with Crippen LogP contribution in [0.5, 0.6) is 0 Å². The third-order valence-electron chi connectivity index (χ3n) is 3.03. The van der Waals surface area contributed by atoms with E-state index in [1.165, 1.54) is 36.4 Å². The van der Waals surface area contributed by atoms with Gasteiger partial charge in [0.05, 0.1) is 17.0 Å². The molecule has 0 atom stereocenters. The lowest BCUT2D eigenvalue weighted by atomic mass is 10.0. The Hall–Kier alpha value is -2.15. The standard InChI is InChI=1S/C16H14F3NO2S/c1-12-6-8-14(9-7-12)23(21,22)20-15-5-3-2-4-13(15)10-11-16(17,18)19/h2-10H,11H2,1H3/b13-10-,20-15+. The number of alkyl halides is 3. The fourth-order valence-corrected chi connectivity index (χ4v) is 2.87. The van der Waals surface area contributed by atoms with Crippen molar-refractivity contribution >= 4 is 15.7 Å². The van der Waals surface area contributed by atoms with Crippen molar-refractivity contribution in [3.05, 3.63) is 65.8 Å². The summed E-state index contributed by atoms with van der Waals surface area (Å²) in [7, 11) is -3.98. The molecule has 122 valence electrons. The predicted octanol–water partition coefficient (Wildman–Crippen LogP) is 4.13. The molecule has 1 aliphatic rings. The highest BCUT2D eigenvalue weighted by Crippen LogP contribution is 2.23. The molecule has 0 fully saturated rings. The zero-order chi connectivity index (χ0) is 17.1. The highest BCUT2D eigenvalue weighted by Gasteiger charge is 2.26. The molecule has 0 spiro atoms. The molecular formula is C16H14F3NO2S. The second kappa shape index (κ2) is 6.54. The highest BCUT2D eigenvalue weighted by atomic mass is 32.2. The number of allylic oxidation sites excluding steroid dienone is 6. The Bertz CT molecular complexity index is 799. The van der Waals surface area contributed by atoms with Crippen molar-refractivity contribution in [2.75, 3.05) is 0 Å². The van der Waals surface area contributed by atoms with Crippen LogP contribution in [-0.2, 0) is 10.0 Å². The van der Waals surface area contributed by atoms with Crippen LogP contribution in [0, 0.1) is 6.92 Å². The van der Waals surface area contributed by atoms with E-state index in [0.29, 0.717) is 0 Å². The van der Waals surface area contributed by atoms with Gasteiger partial charge in [-0.1, -0.05) is 42.0 Å². The first-order chi connectivity index (χ1) is 10.7. The Balaban J connectivity index is 2.37. The summed E-state index contributed by atoms with van der Waals surface area (Å²) in [5.41, 5.74) is 1.00. The Kier molecular flexibility index (Phi) is 4.89. The molecular weight excluding hydrogens is 327 g/mol. The number of hydrogen-bond acceptors (Lipinski definition) is 2. The molecule has 0 heterocycles. The molecule has 0 aliphatic heterocycles. The van der Waals surface area contributed by atoms with E-state index in [1.54, 1.807) is 12.1 Å². The van der Waals surface area contributed by atoms with Crippen molar-refractivity contribution in [2.24, 2.45) is 4.40 Å². The minimum Gasteiger partial charge on any atom is -0.199 e. The van der Waals surface area contributed by atoms with Gasteiger partial charge in [-0.2, -0.15) is 26.0 Å². The van der Waals surface area contributed by atoms with E-state index >= 15 is 0 Å². The summed E-state index contributed by atoms with van der Waals surface area (Å²) in [4.78, 5) is -0.00581. The third-order valence-corrected chi connectivity index (χ3v) is 4.33. The maximum atomic E-state index is 12.3. The molecule has 3 nitrogen and oxygen atoms in total. The van der Waals surface area contributed by atoms with Crippen LogP contribution in [0.1, 0.15) is 12.0 Å². The van der Waals surface area contributed by atoms with Crippen molar-refractivity contribution in [1.82, 2.24) is 0 Å². The molecule has 0 saturated heterocycles. The molecule has 7 heteroatoms. The summed E-state index contributed by atoms with van der Waals surface area (Å²) in [5.74, 6) is 0. The fraction of sp³-hybridized carbons (Fsp3) is 0.188. The van der Waals surface area contributed by atoms with E-state index in [4.69, 9.17) is 0 Å². The molecule has 0 amide bonds. The molecule has 0 aromatic heterocycles. The SMILES string of the molecule is Cc1ccc(S(=O)(=O)/N=C2\C=CC=C\C2=C\CC(F)(F)F)cc1. The first-order valence-electron chi connectivity index (χ1n) is 6.71. The van der Waals surface area contributed by atoms with Crippen LogP contribution in [0.2, 0.25) is 0 Å². The van der Waals surface area contributed by atoms with Gasteiger partial charge in [0.15, 0.2) is 0 Å². The van der Waals surface area contributed by atoms with Crippen molar-refractivity contribution in [3.8, 4) is 0 Å². The van der Waals surface area contributed by atoms with Crippen molar-refractivity contribution in [2.45, 2.75) is 24.4 Å². The minimum absolute atomic E-state index is 0.00581. The van der Waals surface area contributed by atoms with Crippen LogP contribution < -0.4 is 0 Å². The maximum absolute atomic E-state index is 12.3. The van der Waals surface area contributed by atoms with E-state index in [-0.39, 0.29) is 16.2 Å². The number of benzene rings is 1. The van der Waals surface area contributed by atoms with E-state index in [2.05, 4.69) is 4.40 Å². The van der Waals surface area contributed by atoms with E-state index in [1.807, 2.05) is 6.92 Å². The van der Waals surface area contributed by atoms with Gasteiger partial charge >= 0.3 is 6.18 Å². The summed E-state index contributed by atoms with van der Waals surface area (Å²) in [6.07, 6.45) is 1.23. The molecule has 0 saturated carbocycles. The predicted molar refractivity (Wildman–Crippen MR) is 82.8 cm³/mol. The lowest BCUT2D eigenvalue weighted by Gasteiger charge is -2.09. The summed E-state index contributed by atoms with van der Waals surface area (Å²) < 4.78 is 65.2. The van der Waals surface area contributed by atoms with Gasteiger partial charge in [0.1, 0.15) is 0 Å². The zero-order valence-corrected chi connectivity index (χ0v) is 13.0. The molecule has 1 aromatic rings. The van der Waals surface area contributed by atoms with Crippen LogP contribution in [0.25, 0.3) is 0 Å². The molecule has 0 bridgehead atoms. The molecule has 1 aromatic carbocycles. The van der Waals surface area contributed by atoms with Crippen molar-refractivity contribution in [1.29, 1.82) is 0 Å². The van der Waals surface area contributed by atoms with Crippen LogP contribution in [-0.4, -0.2) is 20.3 Å². The van der Waals surface area contributed by atoms with E-state index < -0.39 is 22.6 Å². The van der Waals surface area contributed by atoms with Gasteiger partial charge in [-0.05, 0) is 30.7 Å². The largest absolute Gasteiger partial charge is 0.392 e. The average molecular weight is 341 g/mol. The molecule has 1 aliphatic carbocycles. The van der Waals surface area contributed by atoms with Crippen LogP contribution in [0.15, 0.2) is 69.5 Å². The van der Waals surface area contributed by atoms with Crippen molar-refractivity contribution < 1.29 is 21.6 Å². The first kappa shape index (κ1) is 17.2. The van der Waals surface area contributed by atoms with Crippen LogP contribution in [0.4, 0.5) is 13.2 Å². The quantitative estimate of drug-likeness (QED) is 0.830. The average Bonchev–Trinajstić information content (AvgIpc) is 2.45. The molecule has 23 heavy (non-hydrogen) atoms. The molecule has 0 unspecified atom stereocenters. The number of halogens is 3. The third kappa shape index (κ3) is 4.92. The Labute approximate surface area is 132 Å².